The first-order valence-corrected chi connectivity index (χ1v) is 7.75. The minimum atomic E-state index is -3.80. The summed E-state index contributed by atoms with van der Waals surface area (Å²) in [5.74, 6) is -0.926. The van der Waals surface area contributed by atoms with Crippen LogP contribution in [0.15, 0.2) is 29.2 Å². The Morgan fingerprint density at radius 2 is 1.95 bits per heavy atom. The van der Waals surface area contributed by atoms with Gasteiger partial charge >= 0.3 is 5.97 Å². The molecule has 0 saturated carbocycles. The summed E-state index contributed by atoms with van der Waals surface area (Å²) in [4.78, 5) is 10.9. The lowest BCUT2D eigenvalue weighted by molar-refractivity contribution is -0.140. The van der Waals surface area contributed by atoms with Crippen LogP contribution in [-0.4, -0.2) is 38.2 Å². The molecule has 1 aromatic rings. The lowest BCUT2D eigenvalue weighted by atomic mass is 10.0. The standard InChI is InChI=1S/C13H17NO5S/c1-9-2-5-11(6-3-9)20(17,18)19-10-4-7-12(13(15)16)14-8-10/h2-3,5-6,10,12,14H,4,7-8H2,1H3,(H,15,16)/t10-,12-/m0/s1. The highest BCUT2D eigenvalue weighted by atomic mass is 32.2. The molecule has 2 rings (SSSR count). The molecule has 0 aliphatic carbocycles. The van der Waals surface area contributed by atoms with Crippen molar-refractivity contribution in [3.8, 4) is 0 Å². The molecule has 1 aromatic carbocycles. The van der Waals surface area contributed by atoms with Crippen LogP contribution in [0.5, 0.6) is 0 Å². The Hall–Kier alpha value is -1.44. The molecular formula is C13H17NO5S. The van der Waals surface area contributed by atoms with Gasteiger partial charge in [0.2, 0.25) is 0 Å². The molecule has 0 radical (unpaired) electrons. The highest BCUT2D eigenvalue weighted by Crippen LogP contribution is 2.19. The third-order valence-corrected chi connectivity index (χ3v) is 4.61. The minimum Gasteiger partial charge on any atom is -0.480 e. The van der Waals surface area contributed by atoms with Crippen molar-refractivity contribution in [3.63, 3.8) is 0 Å². The average molecular weight is 299 g/mol. The first-order chi connectivity index (χ1) is 9.38. The second-order valence-electron chi connectivity index (χ2n) is 4.86. The predicted molar refractivity (Wildman–Crippen MR) is 71.9 cm³/mol. The number of rotatable bonds is 4. The highest BCUT2D eigenvalue weighted by molar-refractivity contribution is 7.86. The lowest BCUT2D eigenvalue weighted by Crippen LogP contribution is -2.47. The van der Waals surface area contributed by atoms with Crippen molar-refractivity contribution in [2.24, 2.45) is 0 Å². The second kappa shape index (κ2) is 5.90. The largest absolute Gasteiger partial charge is 0.480 e. The zero-order chi connectivity index (χ0) is 14.8. The Balaban J connectivity index is 2.00. The van der Waals surface area contributed by atoms with Gasteiger partial charge in [0, 0.05) is 6.54 Å². The first-order valence-electron chi connectivity index (χ1n) is 6.34. The molecule has 0 unspecified atom stereocenters. The second-order valence-corrected chi connectivity index (χ2v) is 6.43. The molecule has 0 aromatic heterocycles. The van der Waals surface area contributed by atoms with Gasteiger partial charge in [0.1, 0.15) is 6.04 Å². The van der Waals surface area contributed by atoms with Crippen LogP contribution >= 0.6 is 0 Å². The Bertz CT molecular complexity index is 573. The van der Waals surface area contributed by atoms with E-state index in [-0.39, 0.29) is 11.4 Å². The summed E-state index contributed by atoms with van der Waals surface area (Å²) in [5.41, 5.74) is 0.965. The quantitative estimate of drug-likeness (QED) is 0.803. The van der Waals surface area contributed by atoms with Crippen molar-refractivity contribution in [2.45, 2.75) is 36.8 Å². The molecule has 0 spiro atoms. The maximum Gasteiger partial charge on any atom is 0.320 e. The highest BCUT2D eigenvalue weighted by Gasteiger charge is 2.29. The van der Waals surface area contributed by atoms with E-state index >= 15 is 0 Å². The number of nitrogens with one attached hydrogen (secondary N) is 1. The molecule has 7 heteroatoms. The van der Waals surface area contributed by atoms with E-state index in [1.165, 1.54) is 12.1 Å². The van der Waals surface area contributed by atoms with Crippen molar-refractivity contribution in [1.82, 2.24) is 5.32 Å². The molecule has 2 N–H and O–H groups in total. The summed E-state index contributed by atoms with van der Waals surface area (Å²) < 4.78 is 29.3. The van der Waals surface area contributed by atoms with E-state index in [0.29, 0.717) is 12.8 Å². The van der Waals surface area contributed by atoms with Crippen molar-refractivity contribution in [2.75, 3.05) is 6.54 Å². The van der Waals surface area contributed by atoms with Crippen LogP contribution in [0.1, 0.15) is 18.4 Å². The van der Waals surface area contributed by atoms with Gasteiger partial charge in [-0.25, -0.2) is 0 Å². The van der Waals surface area contributed by atoms with Crippen molar-refractivity contribution >= 4 is 16.1 Å². The average Bonchev–Trinajstić information content (AvgIpc) is 2.39. The van der Waals surface area contributed by atoms with Gasteiger partial charge in [-0.15, -0.1) is 0 Å². The van der Waals surface area contributed by atoms with E-state index in [4.69, 9.17) is 9.29 Å². The van der Waals surface area contributed by atoms with E-state index < -0.39 is 28.2 Å². The minimum absolute atomic E-state index is 0.114. The van der Waals surface area contributed by atoms with Gasteiger partial charge in [-0.3, -0.25) is 8.98 Å². The topological polar surface area (TPSA) is 92.7 Å². The van der Waals surface area contributed by atoms with Crippen LogP contribution in [0.4, 0.5) is 0 Å². The molecule has 1 aliphatic rings. The van der Waals surface area contributed by atoms with Crippen LogP contribution in [0.25, 0.3) is 0 Å². The molecule has 0 bridgehead atoms. The molecule has 1 aliphatic heterocycles. The summed E-state index contributed by atoms with van der Waals surface area (Å²) in [5, 5.41) is 11.6. The fourth-order valence-electron chi connectivity index (χ4n) is 2.06. The Morgan fingerprint density at radius 1 is 1.30 bits per heavy atom. The fraction of sp³-hybridized carbons (Fsp3) is 0.462. The maximum atomic E-state index is 12.1. The van der Waals surface area contributed by atoms with Gasteiger partial charge in [-0.05, 0) is 31.9 Å². The van der Waals surface area contributed by atoms with Crippen molar-refractivity contribution in [1.29, 1.82) is 0 Å². The molecule has 20 heavy (non-hydrogen) atoms. The van der Waals surface area contributed by atoms with E-state index in [0.717, 1.165) is 5.56 Å². The van der Waals surface area contributed by atoms with E-state index in [9.17, 15) is 13.2 Å². The van der Waals surface area contributed by atoms with E-state index in [1.54, 1.807) is 12.1 Å². The maximum absolute atomic E-state index is 12.1. The third-order valence-electron chi connectivity index (χ3n) is 3.24. The Kier molecular flexibility index (Phi) is 4.42. The number of benzene rings is 1. The number of carboxylic acids is 1. The molecule has 110 valence electrons. The van der Waals surface area contributed by atoms with Crippen LogP contribution < -0.4 is 5.32 Å². The van der Waals surface area contributed by atoms with Gasteiger partial charge in [0.05, 0.1) is 11.0 Å². The van der Waals surface area contributed by atoms with Crippen LogP contribution in [0.3, 0.4) is 0 Å². The summed E-state index contributed by atoms with van der Waals surface area (Å²) in [6.45, 7) is 2.08. The summed E-state index contributed by atoms with van der Waals surface area (Å²) in [6, 6.07) is 5.78. The SMILES string of the molecule is Cc1ccc(S(=O)(=O)O[C@H]2CC[C@@H](C(=O)O)NC2)cc1. The Morgan fingerprint density at radius 3 is 2.45 bits per heavy atom. The van der Waals surface area contributed by atoms with Crippen LogP contribution in [0, 0.1) is 6.92 Å². The van der Waals surface area contributed by atoms with Gasteiger partial charge in [-0.2, -0.15) is 8.42 Å². The van der Waals surface area contributed by atoms with Gasteiger partial charge in [0.25, 0.3) is 10.1 Å². The normalized spacial score (nSPS) is 23.4. The molecule has 1 fully saturated rings. The van der Waals surface area contributed by atoms with E-state index in [2.05, 4.69) is 5.32 Å². The van der Waals surface area contributed by atoms with Crippen LogP contribution in [0.2, 0.25) is 0 Å². The van der Waals surface area contributed by atoms with Gasteiger partial charge < -0.3 is 10.4 Å². The molecule has 0 amide bonds. The molecule has 1 heterocycles. The van der Waals surface area contributed by atoms with Crippen LogP contribution in [-0.2, 0) is 19.1 Å². The summed E-state index contributed by atoms with van der Waals surface area (Å²) >= 11 is 0. The molecule has 6 nitrogen and oxygen atoms in total. The number of aryl methyl sites for hydroxylation is 1. The van der Waals surface area contributed by atoms with Gasteiger partial charge in [-0.1, -0.05) is 17.7 Å². The number of hydrogen-bond acceptors (Lipinski definition) is 5. The smallest absolute Gasteiger partial charge is 0.320 e. The van der Waals surface area contributed by atoms with E-state index in [1.807, 2.05) is 6.92 Å². The van der Waals surface area contributed by atoms with Gasteiger partial charge in [0.15, 0.2) is 0 Å². The summed E-state index contributed by atoms with van der Waals surface area (Å²) in [6.07, 6.45) is 0.218. The number of piperidine rings is 1. The summed E-state index contributed by atoms with van der Waals surface area (Å²) in [7, 11) is -3.80. The van der Waals surface area contributed by atoms with Crippen molar-refractivity contribution < 1.29 is 22.5 Å². The number of aliphatic carboxylic acids is 1. The molecular weight excluding hydrogens is 282 g/mol. The zero-order valence-electron chi connectivity index (χ0n) is 11.1. The Labute approximate surface area is 117 Å². The first kappa shape index (κ1) is 15.0. The number of hydrogen-bond donors (Lipinski definition) is 2. The third kappa shape index (κ3) is 3.56. The van der Waals surface area contributed by atoms with Crippen molar-refractivity contribution in [3.05, 3.63) is 29.8 Å². The monoisotopic (exact) mass is 299 g/mol. The zero-order valence-corrected chi connectivity index (χ0v) is 11.9. The lowest BCUT2D eigenvalue weighted by Gasteiger charge is -2.26. The number of carboxylic acid groups (broad SMARTS) is 1. The fourth-order valence-corrected chi connectivity index (χ4v) is 3.17. The molecule has 1 saturated heterocycles. The predicted octanol–water partition coefficient (Wildman–Crippen LogP) is 0.906. The molecule has 2 atom stereocenters. The number of carbonyl (C=O) groups is 1.